The summed E-state index contributed by atoms with van der Waals surface area (Å²) < 4.78 is 0. The molecule has 3 rings (SSSR count). The minimum absolute atomic E-state index is 0.0927. The van der Waals surface area contributed by atoms with E-state index >= 15 is 0 Å². The smallest absolute Gasteiger partial charge is 0.269 e. The topological polar surface area (TPSA) is 68.7 Å². The van der Waals surface area contributed by atoms with Gasteiger partial charge in [0.2, 0.25) is 0 Å². The molecule has 1 amide bonds. The van der Waals surface area contributed by atoms with Gasteiger partial charge in [0.1, 0.15) is 5.69 Å². The largest absolute Gasteiger partial charge is 0.388 e. The van der Waals surface area contributed by atoms with Gasteiger partial charge in [-0.2, -0.15) is 0 Å². The Hall–Kier alpha value is -1.66. The number of amides is 1. The molecule has 0 radical (unpaired) electrons. The third kappa shape index (κ3) is 4.27. The maximum Gasteiger partial charge on any atom is 0.269 e. The van der Waals surface area contributed by atoms with Crippen molar-refractivity contribution in [2.24, 2.45) is 5.41 Å². The van der Waals surface area contributed by atoms with Crippen LogP contribution in [0.4, 0.5) is 5.69 Å². The number of hydrogen-bond acceptors (Lipinski definition) is 5. The van der Waals surface area contributed by atoms with E-state index < -0.39 is 5.60 Å². The highest BCUT2D eigenvalue weighted by molar-refractivity contribution is 5.92. The molecule has 0 saturated carbocycles. The number of β-amino-alcohol motifs (C(OH)–C–C–N with tert-alkyl or cyclic N) is 1. The number of carbonyl (C=O) groups is 1. The number of hydrogen-bond donors (Lipinski definition) is 2. The third-order valence-corrected chi connectivity index (χ3v) is 6.45. The van der Waals surface area contributed by atoms with E-state index in [2.05, 4.69) is 40.9 Å². The molecule has 1 atom stereocenters. The molecule has 1 aromatic rings. The summed E-state index contributed by atoms with van der Waals surface area (Å²) in [4.78, 5) is 20.8. The first kappa shape index (κ1) is 20.1. The minimum Gasteiger partial charge on any atom is -0.388 e. The molecular formula is C21H34N4O2. The van der Waals surface area contributed by atoms with Gasteiger partial charge in [-0.25, -0.2) is 4.98 Å². The molecule has 6 heteroatoms. The van der Waals surface area contributed by atoms with Crippen molar-refractivity contribution in [2.45, 2.75) is 58.1 Å². The van der Waals surface area contributed by atoms with Crippen molar-refractivity contribution >= 4 is 11.6 Å². The maximum atomic E-state index is 11.6. The van der Waals surface area contributed by atoms with Crippen molar-refractivity contribution in [1.29, 1.82) is 0 Å². The van der Waals surface area contributed by atoms with Gasteiger partial charge in [-0.1, -0.05) is 20.8 Å². The molecule has 1 aromatic heterocycles. The summed E-state index contributed by atoms with van der Waals surface area (Å²) in [5, 5.41) is 13.7. The number of nitrogens with one attached hydrogen (secondary N) is 1. The van der Waals surface area contributed by atoms with Crippen LogP contribution in [0.2, 0.25) is 0 Å². The Labute approximate surface area is 163 Å². The van der Waals surface area contributed by atoms with E-state index in [-0.39, 0.29) is 11.3 Å². The van der Waals surface area contributed by atoms with Gasteiger partial charge >= 0.3 is 0 Å². The second kappa shape index (κ2) is 7.76. The van der Waals surface area contributed by atoms with Gasteiger partial charge in [0.15, 0.2) is 0 Å². The summed E-state index contributed by atoms with van der Waals surface area (Å²) in [5.74, 6) is -0.156. The summed E-state index contributed by atoms with van der Waals surface area (Å²) in [5.41, 5.74) is 0.837. The van der Waals surface area contributed by atoms with Crippen LogP contribution in [0.3, 0.4) is 0 Å². The number of pyridine rings is 1. The lowest BCUT2D eigenvalue weighted by atomic mass is 9.71. The lowest BCUT2D eigenvalue weighted by molar-refractivity contribution is -0.114. The zero-order valence-corrected chi connectivity index (χ0v) is 17.2. The fourth-order valence-electron chi connectivity index (χ4n) is 4.32. The van der Waals surface area contributed by atoms with Crippen LogP contribution in [0.5, 0.6) is 0 Å². The molecule has 150 valence electrons. The van der Waals surface area contributed by atoms with Crippen molar-refractivity contribution in [3.63, 3.8) is 0 Å². The number of aromatic nitrogens is 1. The van der Waals surface area contributed by atoms with Crippen LogP contribution < -0.4 is 10.2 Å². The zero-order valence-electron chi connectivity index (χ0n) is 17.2. The molecule has 0 aromatic carbocycles. The van der Waals surface area contributed by atoms with Crippen LogP contribution >= 0.6 is 0 Å². The quantitative estimate of drug-likeness (QED) is 0.850. The first-order chi connectivity index (χ1) is 12.7. The number of nitrogens with zero attached hydrogens (tertiary/aromatic N) is 3. The van der Waals surface area contributed by atoms with Crippen LogP contribution in [0, 0.1) is 5.41 Å². The first-order valence-corrected chi connectivity index (χ1v) is 10.1. The molecule has 0 aliphatic carbocycles. The fourth-order valence-corrected chi connectivity index (χ4v) is 4.32. The van der Waals surface area contributed by atoms with E-state index in [0.717, 1.165) is 57.5 Å². The summed E-state index contributed by atoms with van der Waals surface area (Å²) in [6.45, 7) is 10.3. The zero-order chi connectivity index (χ0) is 19.7. The van der Waals surface area contributed by atoms with Gasteiger partial charge in [-0.3, -0.25) is 9.69 Å². The Balaban J connectivity index is 1.58. The number of carbonyl (C=O) groups excluding carboxylic acids is 1. The van der Waals surface area contributed by atoms with Crippen LogP contribution in [-0.4, -0.2) is 65.8 Å². The number of likely N-dealkylation sites (tertiary alicyclic amines) is 1. The van der Waals surface area contributed by atoms with E-state index in [1.165, 1.54) is 0 Å². The Morgan fingerprint density at radius 3 is 2.52 bits per heavy atom. The molecule has 1 unspecified atom stereocenters. The average Bonchev–Trinajstić information content (AvgIpc) is 2.67. The molecule has 3 heterocycles. The van der Waals surface area contributed by atoms with Crippen molar-refractivity contribution in [2.75, 3.05) is 38.1 Å². The van der Waals surface area contributed by atoms with E-state index in [0.29, 0.717) is 11.7 Å². The van der Waals surface area contributed by atoms with Gasteiger partial charge in [-0.15, -0.1) is 0 Å². The van der Waals surface area contributed by atoms with Crippen molar-refractivity contribution in [3.05, 3.63) is 24.0 Å². The molecule has 2 fully saturated rings. The van der Waals surface area contributed by atoms with E-state index in [1.807, 2.05) is 6.07 Å². The van der Waals surface area contributed by atoms with Crippen LogP contribution in [-0.2, 0) is 0 Å². The molecule has 0 spiro atoms. The summed E-state index contributed by atoms with van der Waals surface area (Å²) in [7, 11) is 1.62. The molecule has 2 N–H and O–H groups in total. The highest BCUT2D eigenvalue weighted by atomic mass is 16.3. The van der Waals surface area contributed by atoms with Crippen LogP contribution in [0.25, 0.3) is 0 Å². The predicted molar refractivity (Wildman–Crippen MR) is 108 cm³/mol. The van der Waals surface area contributed by atoms with Gasteiger partial charge in [0, 0.05) is 32.7 Å². The van der Waals surface area contributed by atoms with Crippen LogP contribution in [0.1, 0.15) is 56.9 Å². The molecule has 0 bridgehead atoms. The fraction of sp³-hybridized carbons (Fsp3) is 0.714. The molecule has 27 heavy (non-hydrogen) atoms. The molecule has 6 nitrogen and oxygen atoms in total. The monoisotopic (exact) mass is 374 g/mol. The average molecular weight is 375 g/mol. The number of anilines is 1. The Kier molecular flexibility index (Phi) is 5.77. The van der Waals surface area contributed by atoms with Gasteiger partial charge < -0.3 is 15.3 Å². The Bertz CT molecular complexity index is 647. The van der Waals surface area contributed by atoms with Crippen LogP contribution in [0.15, 0.2) is 18.3 Å². The SMILES string of the molecule is CNC(=O)c1ccc(N2CCC(N3CCCC(O)(C(C)(C)C)C3)CC2)cn1. The van der Waals surface area contributed by atoms with Gasteiger partial charge in [-0.05, 0) is 49.8 Å². The highest BCUT2D eigenvalue weighted by Crippen LogP contribution is 2.39. The molecule has 2 saturated heterocycles. The van der Waals surface area contributed by atoms with E-state index in [4.69, 9.17) is 0 Å². The summed E-state index contributed by atoms with van der Waals surface area (Å²) in [6, 6.07) is 4.30. The standard InChI is InChI=1S/C21H34N4O2/c1-20(2,3)21(27)10-5-11-25(15-21)16-8-12-24(13-9-16)17-6-7-18(23-14-17)19(26)22-4/h6-7,14,16,27H,5,8-13,15H2,1-4H3,(H,22,26). The second-order valence-electron chi connectivity index (χ2n) is 9.05. The molecule has 2 aliphatic rings. The van der Waals surface area contributed by atoms with E-state index in [1.54, 1.807) is 19.3 Å². The Morgan fingerprint density at radius 2 is 1.96 bits per heavy atom. The summed E-state index contributed by atoms with van der Waals surface area (Å²) in [6.07, 6.45) is 5.95. The van der Waals surface area contributed by atoms with Crippen molar-refractivity contribution in [3.8, 4) is 0 Å². The maximum absolute atomic E-state index is 11.6. The lowest BCUT2D eigenvalue weighted by Crippen LogP contribution is -2.59. The normalized spacial score (nSPS) is 25.4. The first-order valence-electron chi connectivity index (χ1n) is 10.1. The number of rotatable bonds is 3. The van der Waals surface area contributed by atoms with E-state index in [9.17, 15) is 9.90 Å². The second-order valence-corrected chi connectivity index (χ2v) is 9.05. The Morgan fingerprint density at radius 1 is 1.26 bits per heavy atom. The van der Waals surface area contributed by atoms with Crippen molar-refractivity contribution < 1.29 is 9.90 Å². The lowest BCUT2D eigenvalue weighted by Gasteiger charge is -2.50. The molecular weight excluding hydrogens is 340 g/mol. The number of aliphatic hydroxyl groups is 1. The van der Waals surface area contributed by atoms with Gasteiger partial charge in [0.25, 0.3) is 5.91 Å². The number of piperidine rings is 2. The highest BCUT2D eigenvalue weighted by Gasteiger charge is 2.44. The third-order valence-electron chi connectivity index (χ3n) is 6.45. The molecule has 2 aliphatic heterocycles. The van der Waals surface area contributed by atoms with Gasteiger partial charge in [0.05, 0.1) is 17.5 Å². The van der Waals surface area contributed by atoms with Crippen molar-refractivity contribution in [1.82, 2.24) is 15.2 Å². The summed E-state index contributed by atoms with van der Waals surface area (Å²) >= 11 is 0. The minimum atomic E-state index is -0.595. The predicted octanol–water partition coefficient (Wildman–Crippen LogP) is 2.28.